The first kappa shape index (κ1) is 17.8. The Bertz CT molecular complexity index is 631. The van der Waals surface area contributed by atoms with Crippen LogP contribution in [0.2, 0.25) is 0 Å². The van der Waals surface area contributed by atoms with E-state index in [1.54, 1.807) is 0 Å². The standard InChI is InChI=1S/C20H29N3O2/c1-15-8-10-23(13-16(15)2)20(25)21-12-17-5-3-6-18(11-17)14-22-9-4-7-19(22)24/h3,5-6,11,15-16H,4,7-10,12-14H2,1-2H3,(H,21,25)/t15-,16-/m1/s1. The smallest absolute Gasteiger partial charge is 0.317 e. The average Bonchev–Trinajstić information content (AvgIpc) is 3.00. The number of nitrogens with zero attached hydrogens (tertiary/aromatic N) is 2. The number of rotatable bonds is 4. The Balaban J connectivity index is 1.52. The van der Waals surface area contributed by atoms with Crippen LogP contribution in [0.1, 0.15) is 44.2 Å². The molecule has 5 heteroatoms. The molecule has 2 saturated heterocycles. The van der Waals surface area contributed by atoms with Crippen molar-refractivity contribution in [1.29, 1.82) is 0 Å². The minimum Gasteiger partial charge on any atom is -0.338 e. The van der Waals surface area contributed by atoms with E-state index in [9.17, 15) is 9.59 Å². The van der Waals surface area contributed by atoms with Crippen molar-refractivity contribution in [2.45, 2.75) is 46.2 Å². The second-order valence-electron chi connectivity index (χ2n) is 7.59. The van der Waals surface area contributed by atoms with Crippen molar-refractivity contribution in [2.24, 2.45) is 11.8 Å². The van der Waals surface area contributed by atoms with Gasteiger partial charge in [-0.1, -0.05) is 38.1 Å². The maximum atomic E-state index is 12.4. The minimum absolute atomic E-state index is 0.0267. The largest absolute Gasteiger partial charge is 0.338 e. The summed E-state index contributed by atoms with van der Waals surface area (Å²) in [7, 11) is 0. The molecule has 0 unspecified atom stereocenters. The fourth-order valence-corrected chi connectivity index (χ4v) is 3.67. The maximum Gasteiger partial charge on any atom is 0.317 e. The topological polar surface area (TPSA) is 52.7 Å². The first-order valence-electron chi connectivity index (χ1n) is 9.41. The Hall–Kier alpha value is -2.04. The van der Waals surface area contributed by atoms with Gasteiger partial charge >= 0.3 is 6.03 Å². The van der Waals surface area contributed by atoms with E-state index < -0.39 is 0 Å². The van der Waals surface area contributed by atoms with Crippen LogP contribution in [-0.2, 0) is 17.9 Å². The van der Waals surface area contributed by atoms with Crippen molar-refractivity contribution in [3.63, 3.8) is 0 Å². The number of hydrogen-bond acceptors (Lipinski definition) is 2. The van der Waals surface area contributed by atoms with Crippen LogP contribution >= 0.6 is 0 Å². The quantitative estimate of drug-likeness (QED) is 0.914. The molecule has 0 aliphatic carbocycles. The van der Waals surface area contributed by atoms with Crippen LogP contribution in [-0.4, -0.2) is 41.4 Å². The van der Waals surface area contributed by atoms with E-state index in [4.69, 9.17) is 0 Å². The Morgan fingerprint density at radius 1 is 1.20 bits per heavy atom. The molecular weight excluding hydrogens is 314 g/mol. The fourth-order valence-electron chi connectivity index (χ4n) is 3.67. The van der Waals surface area contributed by atoms with E-state index in [1.165, 1.54) is 0 Å². The molecular formula is C20H29N3O2. The maximum absolute atomic E-state index is 12.4. The third kappa shape index (κ3) is 4.53. The highest BCUT2D eigenvalue weighted by atomic mass is 16.2. The van der Waals surface area contributed by atoms with Crippen molar-refractivity contribution in [3.05, 3.63) is 35.4 Å². The van der Waals surface area contributed by atoms with E-state index in [1.807, 2.05) is 28.0 Å². The minimum atomic E-state index is 0.0267. The van der Waals surface area contributed by atoms with Gasteiger partial charge in [-0.05, 0) is 35.8 Å². The lowest BCUT2D eigenvalue weighted by Gasteiger charge is -2.35. The Morgan fingerprint density at radius 3 is 2.72 bits per heavy atom. The van der Waals surface area contributed by atoms with E-state index >= 15 is 0 Å². The molecule has 1 aromatic rings. The first-order valence-corrected chi connectivity index (χ1v) is 9.41. The van der Waals surface area contributed by atoms with E-state index in [0.717, 1.165) is 43.6 Å². The summed E-state index contributed by atoms with van der Waals surface area (Å²) >= 11 is 0. The van der Waals surface area contributed by atoms with Crippen LogP contribution in [0.4, 0.5) is 4.79 Å². The van der Waals surface area contributed by atoms with Crippen LogP contribution in [0.5, 0.6) is 0 Å². The molecule has 0 bridgehead atoms. The number of carbonyl (C=O) groups is 2. The number of benzene rings is 1. The van der Waals surface area contributed by atoms with Crippen LogP contribution in [0.15, 0.2) is 24.3 Å². The third-order valence-electron chi connectivity index (χ3n) is 5.60. The van der Waals surface area contributed by atoms with Crippen molar-refractivity contribution in [1.82, 2.24) is 15.1 Å². The van der Waals surface area contributed by atoms with Gasteiger partial charge in [0, 0.05) is 39.1 Å². The molecule has 2 aliphatic rings. The molecule has 0 spiro atoms. The highest BCUT2D eigenvalue weighted by molar-refractivity contribution is 5.78. The molecule has 5 nitrogen and oxygen atoms in total. The molecule has 0 saturated carbocycles. The van der Waals surface area contributed by atoms with Crippen LogP contribution in [0.25, 0.3) is 0 Å². The van der Waals surface area contributed by atoms with Crippen LogP contribution in [0.3, 0.4) is 0 Å². The van der Waals surface area contributed by atoms with Gasteiger partial charge in [-0.15, -0.1) is 0 Å². The number of nitrogens with one attached hydrogen (secondary N) is 1. The predicted octanol–water partition coefficient (Wildman–Crippen LogP) is 3.00. The molecule has 136 valence electrons. The van der Waals surface area contributed by atoms with Crippen molar-refractivity contribution in [2.75, 3.05) is 19.6 Å². The highest BCUT2D eigenvalue weighted by Crippen LogP contribution is 2.22. The van der Waals surface area contributed by atoms with Gasteiger partial charge in [-0.25, -0.2) is 4.79 Å². The molecule has 2 fully saturated rings. The normalized spacial score (nSPS) is 23.8. The monoisotopic (exact) mass is 343 g/mol. The summed E-state index contributed by atoms with van der Waals surface area (Å²) in [5.41, 5.74) is 2.21. The van der Waals surface area contributed by atoms with E-state index in [-0.39, 0.29) is 11.9 Å². The molecule has 1 aromatic carbocycles. The molecule has 1 N–H and O–H groups in total. The summed E-state index contributed by atoms with van der Waals surface area (Å²) in [4.78, 5) is 28.0. The lowest BCUT2D eigenvalue weighted by molar-refractivity contribution is -0.128. The summed E-state index contributed by atoms with van der Waals surface area (Å²) in [5, 5.41) is 3.04. The highest BCUT2D eigenvalue weighted by Gasteiger charge is 2.25. The van der Waals surface area contributed by atoms with Gasteiger partial charge in [0.1, 0.15) is 0 Å². The number of amides is 3. The Morgan fingerprint density at radius 2 is 2.00 bits per heavy atom. The molecule has 0 radical (unpaired) electrons. The van der Waals surface area contributed by atoms with Crippen molar-refractivity contribution in [3.8, 4) is 0 Å². The average molecular weight is 343 g/mol. The zero-order valence-electron chi connectivity index (χ0n) is 15.3. The Labute approximate surface area is 150 Å². The Kier molecular flexibility index (Phi) is 5.61. The number of piperidine rings is 1. The SMILES string of the molecule is C[C@@H]1CCN(C(=O)NCc2cccc(CN3CCCC3=O)c2)C[C@H]1C. The fraction of sp³-hybridized carbons (Fsp3) is 0.600. The molecule has 2 aliphatic heterocycles. The molecule has 0 aromatic heterocycles. The van der Waals surface area contributed by atoms with Crippen LogP contribution in [0, 0.1) is 11.8 Å². The van der Waals surface area contributed by atoms with Gasteiger partial charge in [0.25, 0.3) is 0 Å². The summed E-state index contributed by atoms with van der Waals surface area (Å²) < 4.78 is 0. The van der Waals surface area contributed by atoms with Gasteiger partial charge in [-0.3, -0.25) is 4.79 Å². The second kappa shape index (κ2) is 7.89. The van der Waals surface area contributed by atoms with Crippen molar-refractivity contribution >= 4 is 11.9 Å². The molecule has 3 rings (SSSR count). The van der Waals surface area contributed by atoms with E-state index in [0.29, 0.717) is 31.3 Å². The summed E-state index contributed by atoms with van der Waals surface area (Å²) in [6.07, 6.45) is 2.71. The number of hydrogen-bond donors (Lipinski definition) is 1. The predicted molar refractivity (Wildman–Crippen MR) is 97.8 cm³/mol. The second-order valence-corrected chi connectivity index (χ2v) is 7.59. The lowest BCUT2D eigenvalue weighted by Crippen LogP contribution is -2.46. The third-order valence-corrected chi connectivity index (χ3v) is 5.60. The van der Waals surface area contributed by atoms with Gasteiger partial charge in [0.05, 0.1) is 0 Å². The zero-order chi connectivity index (χ0) is 17.8. The van der Waals surface area contributed by atoms with Gasteiger partial charge in [0.2, 0.25) is 5.91 Å². The first-order chi connectivity index (χ1) is 12.0. The van der Waals surface area contributed by atoms with Gasteiger partial charge in [-0.2, -0.15) is 0 Å². The number of urea groups is 1. The van der Waals surface area contributed by atoms with Gasteiger partial charge < -0.3 is 15.1 Å². The zero-order valence-corrected chi connectivity index (χ0v) is 15.3. The molecule has 2 atom stereocenters. The molecule has 25 heavy (non-hydrogen) atoms. The molecule has 2 heterocycles. The lowest BCUT2D eigenvalue weighted by atomic mass is 9.89. The van der Waals surface area contributed by atoms with Crippen LogP contribution < -0.4 is 5.32 Å². The number of carbonyl (C=O) groups excluding carboxylic acids is 2. The summed E-state index contributed by atoms with van der Waals surface area (Å²) in [6.45, 7) is 8.21. The van der Waals surface area contributed by atoms with Gasteiger partial charge in [0.15, 0.2) is 0 Å². The van der Waals surface area contributed by atoms with Crippen molar-refractivity contribution < 1.29 is 9.59 Å². The van der Waals surface area contributed by atoms with E-state index in [2.05, 4.69) is 25.2 Å². The number of likely N-dealkylation sites (tertiary alicyclic amines) is 2. The summed E-state index contributed by atoms with van der Waals surface area (Å²) in [5.74, 6) is 1.49. The summed E-state index contributed by atoms with van der Waals surface area (Å²) in [6, 6.07) is 8.19. The molecule has 3 amide bonds.